The lowest BCUT2D eigenvalue weighted by Gasteiger charge is -2.26. The first kappa shape index (κ1) is 22.8. The van der Waals surface area contributed by atoms with Crippen LogP contribution in [0.25, 0.3) is 10.6 Å². The molecule has 1 saturated heterocycles. The third-order valence-electron chi connectivity index (χ3n) is 5.21. The van der Waals surface area contributed by atoms with Gasteiger partial charge in [0.25, 0.3) is 5.91 Å². The van der Waals surface area contributed by atoms with Crippen LogP contribution in [-0.2, 0) is 16.1 Å². The Kier molecular flexibility index (Phi) is 7.62. The average Bonchev–Trinajstić information content (AvgIpc) is 3.54. The van der Waals surface area contributed by atoms with Crippen molar-refractivity contribution in [2.45, 2.75) is 32.8 Å². The summed E-state index contributed by atoms with van der Waals surface area (Å²) >= 11 is 1.54. The van der Waals surface area contributed by atoms with Gasteiger partial charge >= 0.3 is 5.97 Å². The minimum absolute atomic E-state index is 0.0136. The first-order chi connectivity index (χ1) is 16.1. The zero-order valence-corrected chi connectivity index (χ0v) is 19.3. The SMILES string of the molecule is CCOc1cc(C(=O)OCc2cc(-c3cccs3)on2)ccc1OCC(=O)N1CCCCC1. The summed E-state index contributed by atoms with van der Waals surface area (Å²) in [6.07, 6.45) is 3.20. The van der Waals surface area contributed by atoms with E-state index >= 15 is 0 Å². The summed E-state index contributed by atoms with van der Waals surface area (Å²) in [6.45, 7) is 3.68. The molecule has 2 aromatic heterocycles. The Morgan fingerprint density at radius 1 is 1.09 bits per heavy atom. The van der Waals surface area contributed by atoms with E-state index in [1.807, 2.05) is 29.3 Å². The van der Waals surface area contributed by atoms with Crippen LogP contribution < -0.4 is 9.47 Å². The number of piperidine rings is 1. The Labute approximate surface area is 196 Å². The van der Waals surface area contributed by atoms with Gasteiger partial charge in [-0.1, -0.05) is 11.2 Å². The fraction of sp³-hybridized carbons (Fsp3) is 0.375. The third-order valence-corrected chi connectivity index (χ3v) is 6.10. The van der Waals surface area contributed by atoms with Gasteiger partial charge in [-0.3, -0.25) is 4.79 Å². The van der Waals surface area contributed by atoms with Crippen LogP contribution in [0.4, 0.5) is 0 Å². The van der Waals surface area contributed by atoms with E-state index in [1.54, 1.807) is 35.6 Å². The van der Waals surface area contributed by atoms with Crippen LogP contribution in [0.15, 0.2) is 46.3 Å². The Hall–Kier alpha value is -3.33. The molecule has 0 bridgehead atoms. The lowest BCUT2D eigenvalue weighted by molar-refractivity contribution is -0.134. The first-order valence-electron chi connectivity index (χ1n) is 11.0. The summed E-state index contributed by atoms with van der Waals surface area (Å²) in [4.78, 5) is 27.7. The minimum Gasteiger partial charge on any atom is -0.490 e. The van der Waals surface area contributed by atoms with Crippen LogP contribution in [0, 0.1) is 0 Å². The van der Waals surface area contributed by atoms with Crippen molar-refractivity contribution in [3.8, 4) is 22.1 Å². The van der Waals surface area contributed by atoms with E-state index in [4.69, 9.17) is 18.7 Å². The Bertz CT molecular complexity index is 1070. The highest BCUT2D eigenvalue weighted by Crippen LogP contribution is 2.29. The smallest absolute Gasteiger partial charge is 0.338 e. The van der Waals surface area contributed by atoms with Crippen LogP contribution in [0.3, 0.4) is 0 Å². The molecule has 3 aromatic rings. The van der Waals surface area contributed by atoms with Gasteiger partial charge in [0.1, 0.15) is 12.3 Å². The molecule has 1 aromatic carbocycles. The van der Waals surface area contributed by atoms with Gasteiger partial charge in [-0.25, -0.2) is 4.79 Å². The van der Waals surface area contributed by atoms with E-state index in [2.05, 4.69) is 5.16 Å². The van der Waals surface area contributed by atoms with Gasteiger partial charge in [-0.15, -0.1) is 11.3 Å². The average molecular weight is 471 g/mol. The van der Waals surface area contributed by atoms with Crippen molar-refractivity contribution in [3.63, 3.8) is 0 Å². The molecule has 1 aliphatic rings. The monoisotopic (exact) mass is 470 g/mol. The second kappa shape index (κ2) is 11.0. The van der Waals surface area contributed by atoms with E-state index in [0.717, 1.165) is 37.2 Å². The highest BCUT2D eigenvalue weighted by molar-refractivity contribution is 7.13. The zero-order chi connectivity index (χ0) is 23.0. The van der Waals surface area contributed by atoms with Crippen molar-refractivity contribution >= 4 is 23.2 Å². The normalized spacial score (nSPS) is 13.5. The molecule has 33 heavy (non-hydrogen) atoms. The van der Waals surface area contributed by atoms with Crippen molar-refractivity contribution in [2.24, 2.45) is 0 Å². The second-order valence-corrected chi connectivity index (χ2v) is 8.51. The molecule has 0 radical (unpaired) electrons. The standard InChI is InChI=1S/C24H26N2O6S/c1-2-29-20-13-17(8-9-19(20)30-16-23(27)26-10-4-3-5-11-26)24(28)31-15-18-14-21(32-25-18)22-7-6-12-33-22/h6-9,12-14H,2-5,10-11,15-16H2,1H3. The summed E-state index contributed by atoms with van der Waals surface area (Å²) in [7, 11) is 0. The van der Waals surface area contributed by atoms with E-state index in [0.29, 0.717) is 35.1 Å². The first-order valence-corrected chi connectivity index (χ1v) is 11.9. The maximum atomic E-state index is 12.6. The van der Waals surface area contributed by atoms with Gasteiger partial charge in [0.05, 0.1) is 17.0 Å². The number of carbonyl (C=O) groups excluding carboxylic acids is 2. The van der Waals surface area contributed by atoms with E-state index in [1.165, 1.54) is 0 Å². The van der Waals surface area contributed by atoms with E-state index in [-0.39, 0.29) is 19.1 Å². The summed E-state index contributed by atoms with van der Waals surface area (Å²) < 4.78 is 22.0. The maximum Gasteiger partial charge on any atom is 0.338 e. The predicted molar refractivity (Wildman–Crippen MR) is 122 cm³/mol. The molecule has 8 nitrogen and oxygen atoms in total. The van der Waals surface area contributed by atoms with Gasteiger partial charge in [-0.05, 0) is 55.8 Å². The van der Waals surface area contributed by atoms with Crippen molar-refractivity contribution < 1.29 is 28.3 Å². The largest absolute Gasteiger partial charge is 0.490 e. The molecule has 1 amide bonds. The molecule has 174 valence electrons. The molecular formula is C24H26N2O6S. The molecule has 0 saturated carbocycles. The van der Waals surface area contributed by atoms with Crippen LogP contribution in [0.2, 0.25) is 0 Å². The van der Waals surface area contributed by atoms with Crippen LogP contribution in [-0.4, -0.2) is 48.2 Å². The number of aromatic nitrogens is 1. The molecule has 1 fully saturated rings. The number of hydrogen-bond donors (Lipinski definition) is 0. The molecule has 1 aliphatic heterocycles. The molecule has 0 atom stereocenters. The number of amides is 1. The molecule has 0 N–H and O–H groups in total. The van der Waals surface area contributed by atoms with Crippen LogP contribution >= 0.6 is 11.3 Å². The number of nitrogens with zero attached hydrogens (tertiary/aromatic N) is 2. The van der Waals surface area contributed by atoms with Gasteiger partial charge < -0.3 is 23.6 Å². The molecule has 0 aliphatic carbocycles. The zero-order valence-electron chi connectivity index (χ0n) is 18.5. The lowest BCUT2D eigenvalue weighted by Crippen LogP contribution is -2.38. The van der Waals surface area contributed by atoms with E-state index < -0.39 is 5.97 Å². The Balaban J connectivity index is 1.35. The Morgan fingerprint density at radius 2 is 1.94 bits per heavy atom. The van der Waals surface area contributed by atoms with E-state index in [9.17, 15) is 9.59 Å². The highest BCUT2D eigenvalue weighted by atomic mass is 32.1. The summed E-state index contributed by atoms with van der Waals surface area (Å²) in [5.41, 5.74) is 0.836. The molecule has 4 rings (SSSR count). The third kappa shape index (κ3) is 5.92. The minimum atomic E-state index is -0.521. The number of likely N-dealkylation sites (tertiary alicyclic amines) is 1. The van der Waals surface area contributed by atoms with Crippen LogP contribution in [0.1, 0.15) is 42.2 Å². The van der Waals surface area contributed by atoms with Gasteiger partial charge in [0, 0.05) is 19.2 Å². The molecule has 3 heterocycles. The number of thiophene rings is 1. The van der Waals surface area contributed by atoms with Crippen molar-refractivity contribution in [1.29, 1.82) is 0 Å². The second-order valence-electron chi connectivity index (χ2n) is 7.56. The molecule has 9 heteroatoms. The quantitative estimate of drug-likeness (QED) is 0.424. The fourth-order valence-corrected chi connectivity index (χ4v) is 4.21. The Morgan fingerprint density at radius 3 is 2.70 bits per heavy atom. The topological polar surface area (TPSA) is 91.1 Å². The van der Waals surface area contributed by atoms with Crippen LogP contribution in [0.5, 0.6) is 11.5 Å². The van der Waals surface area contributed by atoms with Crippen molar-refractivity contribution in [2.75, 3.05) is 26.3 Å². The molecule has 0 spiro atoms. The number of ether oxygens (including phenoxy) is 3. The van der Waals surface area contributed by atoms with Crippen molar-refractivity contribution in [1.82, 2.24) is 10.1 Å². The fourth-order valence-electron chi connectivity index (χ4n) is 3.53. The van der Waals surface area contributed by atoms with Crippen molar-refractivity contribution in [3.05, 3.63) is 53.0 Å². The number of benzene rings is 1. The maximum absolute atomic E-state index is 12.6. The highest BCUT2D eigenvalue weighted by Gasteiger charge is 2.19. The number of carbonyl (C=O) groups is 2. The predicted octanol–water partition coefficient (Wildman–Crippen LogP) is 4.55. The summed E-state index contributed by atoms with van der Waals surface area (Å²) in [6, 6.07) is 10.4. The summed E-state index contributed by atoms with van der Waals surface area (Å²) in [5, 5.41) is 5.90. The molecular weight excluding hydrogens is 444 g/mol. The molecule has 0 unspecified atom stereocenters. The number of esters is 1. The number of rotatable bonds is 9. The summed E-state index contributed by atoms with van der Waals surface area (Å²) in [5.74, 6) is 0.869. The lowest BCUT2D eigenvalue weighted by atomic mass is 10.1. The van der Waals surface area contributed by atoms with Gasteiger partial charge in [-0.2, -0.15) is 0 Å². The number of hydrogen-bond acceptors (Lipinski definition) is 8. The van der Waals surface area contributed by atoms with Gasteiger partial charge in [0.2, 0.25) is 0 Å². The van der Waals surface area contributed by atoms with Gasteiger partial charge in [0.15, 0.2) is 23.9 Å².